The Morgan fingerprint density at radius 2 is 2.38 bits per heavy atom. The van der Waals surface area contributed by atoms with Gasteiger partial charge in [-0.25, -0.2) is 0 Å². The Morgan fingerprint density at radius 1 is 1.69 bits per heavy atom. The van der Waals surface area contributed by atoms with Crippen LogP contribution in [0.3, 0.4) is 0 Å². The van der Waals surface area contributed by atoms with Gasteiger partial charge in [0.15, 0.2) is 0 Å². The van der Waals surface area contributed by atoms with Crippen LogP contribution in [0.2, 0.25) is 0 Å². The zero-order chi connectivity index (χ0) is 12.1. The maximum Gasteiger partial charge on any atom is 0.0638 e. The fraction of sp³-hybridized carbons (Fsp3) is 0.636. The van der Waals surface area contributed by atoms with Crippen molar-refractivity contribution in [3.8, 4) is 6.07 Å². The van der Waals surface area contributed by atoms with Crippen LogP contribution in [0.1, 0.15) is 24.9 Å². The van der Waals surface area contributed by atoms with Gasteiger partial charge in [0.1, 0.15) is 0 Å². The molecule has 1 aromatic heterocycles. The van der Waals surface area contributed by atoms with Crippen LogP contribution < -0.4 is 5.73 Å². The summed E-state index contributed by atoms with van der Waals surface area (Å²) in [5.41, 5.74) is 6.88. The third-order valence-corrected chi connectivity index (χ3v) is 2.91. The molecule has 0 aliphatic carbocycles. The number of nitriles is 1. The van der Waals surface area contributed by atoms with Gasteiger partial charge < -0.3 is 5.73 Å². The van der Waals surface area contributed by atoms with Crippen LogP contribution >= 0.6 is 0 Å². The molecule has 0 aliphatic heterocycles. The van der Waals surface area contributed by atoms with E-state index in [0.29, 0.717) is 13.0 Å². The molecule has 0 saturated heterocycles. The van der Waals surface area contributed by atoms with Crippen molar-refractivity contribution in [3.05, 3.63) is 18.0 Å². The number of likely N-dealkylation sites (N-methyl/N-ethyl adjacent to an activating group) is 1. The van der Waals surface area contributed by atoms with E-state index in [0.717, 1.165) is 5.56 Å². The van der Waals surface area contributed by atoms with Crippen LogP contribution in [0.25, 0.3) is 0 Å². The molecule has 1 rings (SSSR count). The molecule has 88 valence electrons. The molecule has 2 N–H and O–H groups in total. The lowest BCUT2D eigenvalue weighted by Gasteiger charge is -2.30. The highest BCUT2D eigenvalue weighted by Gasteiger charge is 2.21. The molecule has 5 nitrogen and oxygen atoms in total. The third kappa shape index (κ3) is 2.81. The molecule has 2 atom stereocenters. The molecule has 1 heterocycles. The molecule has 5 heteroatoms. The number of aryl methyl sites for hydroxylation is 1. The van der Waals surface area contributed by atoms with Crippen molar-refractivity contribution in [2.75, 3.05) is 13.6 Å². The lowest BCUT2D eigenvalue weighted by atomic mass is 10.1. The highest BCUT2D eigenvalue weighted by molar-refractivity contribution is 5.11. The topological polar surface area (TPSA) is 70.9 Å². The highest BCUT2D eigenvalue weighted by Crippen LogP contribution is 2.20. The standard InChI is InChI=1S/C11H19N5/c1-9(4-5-12)16(3)11(6-13)10-7-14-15(2)8-10/h7-9,11H,4,6,13H2,1-3H3. The Hall–Kier alpha value is -1.38. The van der Waals surface area contributed by atoms with E-state index in [1.807, 2.05) is 33.4 Å². The predicted molar refractivity (Wildman–Crippen MR) is 62.5 cm³/mol. The van der Waals surface area contributed by atoms with E-state index >= 15 is 0 Å². The summed E-state index contributed by atoms with van der Waals surface area (Å²) in [4.78, 5) is 2.13. The minimum Gasteiger partial charge on any atom is -0.329 e. The molecular weight excluding hydrogens is 202 g/mol. The smallest absolute Gasteiger partial charge is 0.0638 e. The van der Waals surface area contributed by atoms with E-state index in [-0.39, 0.29) is 12.1 Å². The van der Waals surface area contributed by atoms with Crippen molar-refractivity contribution in [3.63, 3.8) is 0 Å². The number of hydrogen-bond acceptors (Lipinski definition) is 4. The van der Waals surface area contributed by atoms with E-state index in [4.69, 9.17) is 11.0 Å². The molecule has 0 aliphatic rings. The van der Waals surface area contributed by atoms with E-state index in [2.05, 4.69) is 16.1 Å². The van der Waals surface area contributed by atoms with E-state index in [9.17, 15) is 0 Å². The zero-order valence-electron chi connectivity index (χ0n) is 10.1. The Balaban J connectivity index is 2.78. The third-order valence-electron chi connectivity index (χ3n) is 2.91. The summed E-state index contributed by atoms with van der Waals surface area (Å²) in [5, 5.41) is 12.8. The number of aromatic nitrogens is 2. The monoisotopic (exact) mass is 221 g/mol. The first-order valence-electron chi connectivity index (χ1n) is 5.37. The number of rotatable bonds is 5. The second-order valence-corrected chi connectivity index (χ2v) is 4.08. The summed E-state index contributed by atoms with van der Waals surface area (Å²) in [6, 6.07) is 2.50. The molecule has 0 bridgehead atoms. The van der Waals surface area contributed by atoms with Gasteiger partial charge in [-0.15, -0.1) is 0 Å². The van der Waals surface area contributed by atoms with Gasteiger partial charge in [-0.3, -0.25) is 9.58 Å². The first kappa shape index (κ1) is 12.7. The summed E-state index contributed by atoms with van der Waals surface area (Å²) in [6.07, 6.45) is 4.30. The lowest BCUT2D eigenvalue weighted by Crippen LogP contribution is -2.36. The normalized spacial score (nSPS) is 14.8. The van der Waals surface area contributed by atoms with Gasteiger partial charge in [0.2, 0.25) is 0 Å². The molecule has 0 saturated carbocycles. The van der Waals surface area contributed by atoms with E-state index < -0.39 is 0 Å². The van der Waals surface area contributed by atoms with Crippen LogP contribution in [-0.2, 0) is 7.05 Å². The quantitative estimate of drug-likeness (QED) is 0.792. The molecule has 0 fully saturated rings. The minimum atomic E-state index is 0.122. The Morgan fingerprint density at radius 3 is 2.81 bits per heavy atom. The van der Waals surface area contributed by atoms with Gasteiger partial charge in [-0.05, 0) is 14.0 Å². The van der Waals surface area contributed by atoms with Crippen LogP contribution in [0, 0.1) is 11.3 Å². The van der Waals surface area contributed by atoms with Gasteiger partial charge in [-0.2, -0.15) is 10.4 Å². The summed E-state index contributed by atoms with van der Waals surface area (Å²) in [6.45, 7) is 2.56. The fourth-order valence-electron chi connectivity index (χ4n) is 1.73. The predicted octanol–water partition coefficient (Wildman–Crippen LogP) is 0.654. The lowest BCUT2D eigenvalue weighted by molar-refractivity contribution is 0.191. The fourth-order valence-corrected chi connectivity index (χ4v) is 1.73. The largest absolute Gasteiger partial charge is 0.329 e. The summed E-state index contributed by atoms with van der Waals surface area (Å²) >= 11 is 0. The van der Waals surface area contributed by atoms with Gasteiger partial charge in [0.25, 0.3) is 0 Å². The van der Waals surface area contributed by atoms with Crippen molar-refractivity contribution in [2.24, 2.45) is 12.8 Å². The first-order chi connectivity index (χ1) is 7.60. The molecule has 0 amide bonds. The Labute approximate surface area is 96.5 Å². The van der Waals surface area contributed by atoms with Crippen LogP contribution in [-0.4, -0.2) is 34.3 Å². The Bertz CT molecular complexity index is 365. The molecule has 16 heavy (non-hydrogen) atoms. The Kier molecular flexibility index (Phi) is 4.47. The van der Waals surface area contributed by atoms with Crippen LogP contribution in [0.4, 0.5) is 0 Å². The molecule has 0 spiro atoms. The summed E-state index contributed by atoms with van der Waals surface area (Å²) in [5.74, 6) is 0. The van der Waals surface area contributed by atoms with E-state index in [1.165, 1.54) is 0 Å². The molecular formula is C11H19N5. The van der Waals surface area contributed by atoms with Crippen molar-refractivity contribution >= 4 is 0 Å². The average molecular weight is 221 g/mol. The second kappa shape index (κ2) is 5.64. The van der Waals surface area contributed by atoms with Crippen molar-refractivity contribution < 1.29 is 0 Å². The maximum absolute atomic E-state index is 8.69. The molecule has 1 aromatic rings. The highest BCUT2D eigenvalue weighted by atomic mass is 15.3. The minimum absolute atomic E-state index is 0.122. The van der Waals surface area contributed by atoms with Crippen LogP contribution in [0.5, 0.6) is 0 Å². The van der Waals surface area contributed by atoms with Gasteiger partial charge in [-0.1, -0.05) is 0 Å². The van der Waals surface area contributed by atoms with Crippen molar-refractivity contribution in [1.82, 2.24) is 14.7 Å². The average Bonchev–Trinajstić information content (AvgIpc) is 2.66. The molecule has 0 radical (unpaired) electrons. The number of nitrogens with two attached hydrogens (primary N) is 1. The van der Waals surface area contributed by atoms with Gasteiger partial charge >= 0.3 is 0 Å². The summed E-state index contributed by atoms with van der Waals surface area (Å²) in [7, 11) is 3.88. The second-order valence-electron chi connectivity index (χ2n) is 4.08. The number of hydrogen-bond donors (Lipinski definition) is 1. The van der Waals surface area contributed by atoms with E-state index in [1.54, 1.807) is 4.68 Å². The summed E-state index contributed by atoms with van der Waals surface area (Å²) < 4.78 is 1.76. The SMILES string of the molecule is CC(CC#N)N(C)C(CN)c1cnn(C)c1. The molecule has 2 unspecified atom stereocenters. The molecule has 0 aromatic carbocycles. The van der Waals surface area contributed by atoms with Gasteiger partial charge in [0, 0.05) is 31.4 Å². The zero-order valence-corrected chi connectivity index (χ0v) is 10.1. The number of nitrogens with zero attached hydrogens (tertiary/aromatic N) is 4. The van der Waals surface area contributed by atoms with Gasteiger partial charge in [0.05, 0.1) is 24.7 Å². The van der Waals surface area contributed by atoms with Crippen molar-refractivity contribution in [2.45, 2.75) is 25.4 Å². The maximum atomic E-state index is 8.69. The first-order valence-corrected chi connectivity index (χ1v) is 5.37. The van der Waals surface area contributed by atoms with Crippen molar-refractivity contribution in [1.29, 1.82) is 5.26 Å². The van der Waals surface area contributed by atoms with Crippen LogP contribution in [0.15, 0.2) is 12.4 Å².